The fourth-order valence-electron chi connectivity index (χ4n) is 2.67. The Morgan fingerprint density at radius 1 is 1.41 bits per heavy atom. The topological polar surface area (TPSA) is 46.3 Å². The number of ketones is 1. The van der Waals surface area contributed by atoms with E-state index in [0.29, 0.717) is 22.4 Å². The minimum atomic E-state index is 0.0665. The average molecular weight is 252 g/mol. The minimum Gasteiger partial charge on any atom is -0.397 e. The molecule has 0 radical (unpaired) electrons. The standard InChI is InChI=1S/C13H20N2OS/c1-8-4-9(2)7-15(6-8)12-5-11(14)13(17-12)10(3)16/h5,8-9H,4,6-7,14H2,1-3H3. The van der Waals surface area contributed by atoms with Crippen LogP contribution in [0.1, 0.15) is 36.9 Å². The normalized spacial score (nSPS) is 25.0. The molecule has 4 heteroatoms. The molecule has 0 amide bonds. The highest BCUT2D eigenvalue weighted by atomic mass is 32.1. The minimum absolute atomic E-state index is 0.0665. The summed E-state index contributed by atoms with van der Waals surface area (Å²) < 4.78 is 0. The molecular weight excluding hydrogens is 232 g/mol. The summed E-state index contributed by atoms with van der Waals surface area (Å²) in [4.78, 5) is 14.5. The van der Waals surface area contributed by atoms with Gasteiger partial charge in [-0.05, 0) is 24.3 Å². The molecule has 2 rings (SSSR count). The Hall–Kier alpha value is -1.03. The van der Waals surface area contributed by atoms with Gasteiger partial charge in [0.1, 0.15) is 0 Å². The van der Waals surface area contributed by atoms with Gasteiger partial charge in [-0.3, -0.25) is 4.79 Å². The second-order valence-electron chi connectivity index (χ2n) is 5.28. The van der Waals surface area contributed by atoms with Crippen molar-refractivity contribution in [2.24, 2.45) is 11.8 Å². The smallest absolute Gasteiger partial charge is 0.171 e. The van der Waals surface area contributed by atoms with Crippen LogP contribution in [0.15, 0.2) is 6.07 Å². The molecule has 0 bridgehead atoms. The van der Waals surface area contributed by atoms with Crippen molar-refractivity contribution < 1.29 is 4.79 Å². The predicted octanol–water partition coefficient (Wildman–Crippen LogP) is 3.02. The number of nitrogens with two attached hydrogens (primary N) is 1. The second kappa shape index (κ2) is 4.69. The van der Waals surface area contributed by atoms with Crippen LogP contribution in [-0.4, -0.2) is 18.9 Å². The first kappa shape index (κ1) is 12.4. The van der Waals surface area contributed by atoms with Crippen LogP contribution in [0.3, 0.4) is 0 Å². The van der Waals surface area contributed by atoms with Crippen LogP contribution >= 0.6 is 11.3 Å². The van der Waals surface area contributed by atoms with Crippen molar-refractivity contribution >= 4 is 27.8 Å². The average Bonchev–Trinajstić information content (AvgIpc) is 2.59. The Morgan fingerprint density at radius 2 is 2.00 bits per heavy atom. The van der Waals surface area contributed by atoms with Crippen molar-refractivity contribution in [3.05, 3.63) is 10.9 Å². The van der Waals surface area contributed by atoms with Crippen LogP contribution in [0, 0.1) is 11.8 Å². The lowest BCUT2D eigenvalue weighted by atomic mass is 9.92. The van der Waals surface area contributed by atoms with E-state index in [1.165, 1.54) is 17.8 Å². The SMILES string of the molecule is CC(=O)c1sc(N2CC(C)CC(C)C2)cc1N. The summed E-state index contributed by atoms with van der Waals surface area (Å²) in [6.45, 7) is 8.29. The van der Waals surface area contributed by atoms with Crippen molar-refractivity contribution in [1.82, 2.24) is 0 Å². The van der Waals surface area contributed by atoms with Crippen LogP contribution in [0.5, 0.6) is 0 Å². The van der Waals surface area contributed by atoms with Crippen LogP contribution < -0.4 is 10.6 Å². The fourth-order valence-corrected chi connectivity index (χ4v) is 3.66. The lowest BCUT2D eigenvalue weighted by Crippen LogP contribution is -2.38. The first-order chi connectivity index (χ1) is 7.97. The molecule has 0 aromatic carbocycles. The molecule has 1 fully saturated rings. The summed E-state index contributed by atoms with van der Waals surface area (Å²) in [5.41, 5.74) is 6.51. The number of carbonyl (C=O) groups is 1. The molecule has 0 saturated carbocycles. The van der Waals surface area contributed by atoms with E-state index in [4.69, 9.17) is 5.73 Å². The molecule has 2 atom stereocenters. The van der Waals surface area contributed by atoms with Gasteiger partial charge in [-0.2, -0.15) is 0 Å². The van der Waals surface area contributed by atoms with Crippen molar-refractivity contribution in [1.29, 1.82) is 0 Å². The van der Waals surface area contributed by atoms with Crippen molar-refractivity contribution in [2.45, 2.75) is 27.2 Å². The number of thiophene rings is 1. The first-order valence-electron chi connectivity index (χ1n) is 6.12. The highest BCUT2D eigenvalue weighted by Gasteiger charge is 2.24. The van der Waals surface area contributed by atoms with Crippen LogP contribution in [-0.2, 0) is 0 Å². The zero-order valence-corrected chi connectivity index (χ0v) is 11.5. The highest BCUT2D eigenvalue weighted by Crippen LogP contribution is 2.35. The molecule has 2 heterocycles. The lowest BCUT2D eigenvalue weighted by Gasteiger charge is -2.35. The summed E-state index contributed by atoms with van der Waals surface area (Å²) in [6, 6.07) is 1.95. The molecule has 1 aliphatic rings. The molecule has 1 aliphatic heterocycles. The van der Waals surface area contributed by atoms with E-state index < -0.39 is 0 Å². The maximum absolute atomic E-state index is 11.4. The van der Waals surface area contributed by atoms with Gasteiger partial charge in [-0.15, -0.1) is 11.3 Å². The van der Waals surface area contributed by atoms with Gasteiger partial charge in [-0.1, -0.05) is 13.8 Å². The Morgan fingerprint density at radius 3 is 2.47 bits per heavy atom. The number of rotatable bonds is 2. The van der Waals surface area contributed by atoms with Crippen molar-refractivity contribution in [3.8, 4) is 0 Å². The number of hydrogen-bond donors (Lipinski definition) is 1. The summed E-state index contributed by atoms with van der Waals surface area (Å²) in [5.74, 6) is 1.49. The van der Waals surface area contributed by atoms with Gasteiger partial charge in [0.05, 0.1) is 15.6 Å². The summed E-state index contributed by atoms with van der Waals surface area (Å²) in [6.07, 6.45) is 1.29. The Balaban J connectivity index is 2.22. The third-order valence-electron chi connectivity index (χ3n) is 3.25. The maximum Gasteiger partial charge on any atom is 0.171 e. The highest BCUT2D eigenvalue weighted by molar-refractivity contribution is 7.18. The number of anilines is 2. The van der Waals surface area contributed by atoms with E-state index in [1.807, 2.05) is 6.07 Å². The number of Topliss-reactive ketones (excluding diaryl/α,β-unsaturated/α-hetero) is 1. The predicted molar refractivity (Wildman–Crippen MR) is 73.9 cm³/mol. The van der Waals surface area contributed by atoms with Crippen LogP contribution in [0.4, 0.5) is 10.7 Å². The quantitative estimate of drug-likeness (QED) is 0.823. The fraction of sp³-hybridized carbons (Fsp3) is 0.615. The van der Waals surface area contributed by atoms with E-state index in [9.17, 15) is 4.79 Å². The molecule has 1 saturated heterocycles. The number of nitrogens with zero attached hydrogens (tertiary/aromatic N) is 1. The van der Waals surface area contributed by atoms with Gasteiger partial charge in [0, 0.05) is 20.0 Å². The largest absolute Gasteiger partial charge is 0.397 e. The third kappa shape index (κ3) is 2.63. The number of hydrogen-bond acceptors (Lipinski definition) is 4. The van der Waals surface area contributed by atoms with Gasteiger partial charge in [0.15, 0.2) is 5.78 Å². The number of carbonyl (C=O) groups excluding carboxylic acids is 1. The molecular formula is C13H20N2OS. The number of piperidine rings is 1. The molecule has 2 N–H and O–H groups in total. The monoisotopic (exact) mass is 252 g/mol. The Kier molecular flexibility index (Phi) is 3.43. The summed E-state index contributed by atoms with van der Waals surface area (Å²) in [5, 5.41) is 1.14. The summed E-state index contributed by atoms with van der Waals surface area (Å²) >= 11 is 1.53. The van der Waals surface area contributed by atoms with E-state index in [1.54, 1.807) is 6.92 Å². The zero-order chi connectivity index (χ0) is 12.6. The summed E-state index contributed by atoms with van der Waals surface area (Å²) in [7, 11) is 0. The van der Waals surface area contributed by atoms with Crippen LogP contribution in [0.25, 0.3) is 0 Å². The first-order valence-corrected chi connectivity index (χ1v) is 6.94. The third-order valence-corrected chi connectivity index (χ3v) is 4.56. The molecule has 2 unspecified atom stereocenters. The van der Waals surface area contributed by atoms with E-state index in [2.05, 4.69) is 18.7 Å². The van der Waals surface area contributed by atoms with E-state index in [0.717, 1.165) is 18.1 Å². The van der Waals surface area contributed by atoms with E-state index >= 15 is 0 Å². The Bertz CT molecular complexity index is 417. The molecule has 1 aromatic heterocycles. The molecule has 17 heavy (non-hydrogen) atoms. The lowest BCUT2D eigenvalue weighted by molar-refractivity contribution is 0.102. The molecule has 3 nitrogen and oxygen atoms in total. The molecule has 1 aromatic rings. The van der Waals surface area contributed by atoms with Gasteiger partial charge < -0.3 is 10.6 Å². The van der Waals surface area contributed by atoms with Gasteiger partial charge in [-0.25, -0.2) is 0 Å². The maximum atomic E-state index is 11.4. The van der Waals surface area contributed by atoms with Crippen molar-refractivity contribution in [2.75, 3.05) is 23.7 Å². The molecule has 0 aliphatic carbocycles. The van der Waals surface area contributed by atoms with Crippen LogP contribution in [0.2, 0.25) is 0 Å². The van der Waals surface area contributed by atoms with Gasteiger partial charge >= 0.3 is 0 Å². The van der Waals surface area contributed by atoms with Gasteiger partial charge in [0.25, 0.3) is 0 Å². The Labute approximate surface area is 107 Å². The number of nitrogen functional groups attached to an aromatic ring is 1. The zero-order valence-electron chi connectivity index (χ0n) is 10.7. The molecule has 0 spiro atoms. The van der Waals surface area contributed by atoms with Gasteiger partial charge in [0.2, 0.25) is 0 Å². The van der Waals surface area contributed by atoms with Crippen molar-refractivity contribution in [3.63, 3.8) is 0 Å². The van der Waals surface area contributed by atoms with E-state index in [-0.39, 0.29) is 5.78 Å². The second-order valence-corrected chi connectivity index (χ2v) is 6.31. The molecule has 94 valence electrons.